The van der Waals surface area contributed by atoms with E-state index >= 15 is 0 Å². The average Bonchev–Trinajstić information content (AvgIpc) is 2.38. The van der Waals surface area contributed by atoms with Gasteiger partial charge in [0.2, 0.25) is 5.75 Å². The molecule has 1 atom stereocenters. The Morgan fingerprint density at radius 2 is 1.83 bits per heavy atom. The van der Waals surface area contributed by atoms with Crippen LogP contribution in [0.2, 0.25) is 0 Å². The van der Waals surface area contributed by atoms with E-state index in [0.29, 0.717) is 30.2 Å². The predicted molar refractivity (Wildman–Crippen MR) is 69.1 cm³/mol. The van der Waals surface area contributed by atoms with Crippen molar-refractivity contribution in [1.82, 2.24) is 0 Å². The molecule has 3 N–H and O–H groups in total. The summed E-state index contributed by atoms with van der Waals surface area (Å²) in [7, 11) is 2.41. The van der Waals surface area contributed by atoms with Crippen LogP contribution in [0.4, 0.5) is 0 Å². The first-order valence-electron chi connectivity index (χ1n) is 5.32. The Balaban J connectivity index is 3.13. The predicted octanol–water partition coefficient (Wildman–Crippen LogP) is 1.45. The van der Waals surface area contributed by atoms with Crippen molar-refractivity contribution in [3.63, 3.8) is 0 Å². The highest BCUT2D eigenvalue weighted by molar-refractivity contribution is 7.41. The highest BCUT2D eigenvalue weighted by atomic mass is 31.2. The molecule has 0 fully saturated rings. The maximum atomic E-state index is 9.42. The van der Waals surface area contributed by atoms with Gasteiger partial charge in [0.05, 0.1) is 14.2 Å². The van der Waals surface area contributed by atoms with Crippen LogP contribution in [-0.4, -0.2) is 32.8 Å². The van der Waals surface area contributed by atoms with E-state index in [1.807, 2.05) is 6.07 Å². The van der Waals surface area contributed by atoms with Gasteiger partial charge in [-0.15, -0.1) is 0 Å². The van der Waals surface area contributed by atoms with Gasteiger partial charge in [-0.05, 0) is 30.7 Å². The van der Waals surface area contributed by atoms with Gasteiger partial charge >= 0.3 is 8.60 Å². The molecular formula is C11H18NO5P. The van der Waals surface area contributed by atoms with E-state index in [1.165, 1.54) is 21.3 Å². The van der Waals surface area contributed by atoms with Crippen molar-refractivity contribution in [2.75, 3.05) is 27.9 Å². The van der Waals surface area contributed by atoms with Crippen LogP contribution in [0.15, 0.2) is 12.1 Å². The summed E-state index contributed by atoms with van der Waals surface area (Å²) < 4.78 is 20.4. The van der Waals surface area contributed by atoms with Crippen LogP contribution >= 0.6 is 8.60 Å². The summed E-state index contributed by atoms with van der Waals surface area (Å²) in [6, 6.07) is 3.57. The molecule has 0 saturated carbocycles. The molecule has 102 valence electrons. The second-order valence-electron chi connectivity index (χ2n) is 3.38. The number of nitrogens with two attached hydrogens (primary N) is 1. The van der Waals surface area contributed by atoms with Gasteiger partial charge < -0.3 is 29.1 Å². The number of rotatable bonds is 7. The molecule has 0 aliphatic carbocycles. The Labute approximate surface area is 108 Å². The molecule has 7 heteroatoms. The zero-order chi connectivity index (χ0) is 13.5. The molecule has 0 heterocycles. The molecule has 0 bridgehead atoms. The van der Waals surface area contributed by atoms with Crippen LogP contribution in [0.25, 0.3) is 0 Å². The lowest BCUT2D eigenvalue weighted by molar-refractivity contribution is 0.302. The molecule has 18 heavy (non-hydrogen) atoms. The standard InChI is InChI=1S/C11H18NO5P/c1-14-9-6-8(4-5-12)7-10(11(9)15-2)17-18(13)16-3/h6-7,13H,4-5,12H2,1-3H3. The Morgan fingerprint density at radius 3 is 2.33 bits per heavy atom. The molecule has 1 aromatic rings. The third kappa shape index (κ3) is 3.71. The highest BCUT2D eigenvalue weighted by Crippen LogP contribution is 2.44. The van der Waals surface area contributed by atoms with Gasteiger partial charge in [0, 0.05) is 7.11 Å². The topological polar surface area (TPSA) is 83.2 Å². The van der Waals surface area contributed by atoms with Crippen LogP contribution in [0.1, 0.15) is 5.56 Å². The van der Waals surface area contributed by atoms with Gasteiger partial charge in [-0.1, -0.05) is 0 Å². The molecule has 0 spiro atoms. The van der Waals surface area contributed by atoms with Gasteiger partial charge in [-0.2, -0.15) is 0 Å². The zero-order valence-corrected chi connectivity index (χ0v) is 11.6. The molecule has 0 radical (unpaired) electrons. The van der Waals surface area contributed by atoms with Crippen molar-refractivity contribution in [3.05, 3.63) is 17.7 Å². The summed E-state index contributed by atoms with van der Waals surface area (Å²) in [4.78, 5) is 9.42. The van der Waals surface area contributed by atoms with E-state index in [2.05, 4.69) is 0 Å². The van der Waals surface area contributed by atoms with Crippen molar-refractivity contribution in [2.24, 2.45) is 5.73 Å². The minimum atomic E-state index is -1.98. The van der Waals surface area contributed by atoms with Gasteiger partial charge in [0.1, 0.15) is 0 Å². The summed E-state index contributed by atoms with van der Waals surface area (Å²) in [6.07, 6.45) is 0.674. The summed E-state index contributed by atoms with van der Waals surface area (Å²) in [6.45, 7) is 0.507. The summed E-state index contributed by atoms with van der Waals surface area (Å²) in [5, 5.41) is 0. The molecule has 0 saturated heterocycles. The molecule has 0 aliphatic heterocycles. The monoisotopic (exact) mass is 275 g/mol. The summed E-state index contributed by atoms with van der Waals surface area (Å²) in [5.41, 5.74) is 6.45. The molecule has 1 rings (SSSR count). The second-order valence-corrected chi connectivity index (χ2v) is 4.40. The van der Waals surface area contributed by atoms with Crippen LogP contribution < -0.4 is 19.7 Å². The fourth-order valence-corrected chi connectivity index (χ4v) is 1.86. The van der Waals surface area contributed by atoms with E-state index in [-0.39, 0.29) is 0 Å². The van der Waals surface area contributed by atoms with Crippen molar-refractivity contribution in [2.45, 2.75) is 6.42 Å². The Hall–Kier alpha value is -1.07. The van der Waals surface area contributed by atoms with E-state index < -0.39 is 8.60 Å². The Kier molecular flexibility index (Phi) is 6.15. The molecule has 1 aromatic carbocycles. The highest BCUT2D eigenvalue weighted by Gasteiger charge is 2.17. The number of hydrogen-bond acceptors (Lipinski definition) is 6. The zero-order valence-electron chi connectivity index (χ0n) is 10.7. The normalized spacial score (nSPS) is 12.1. The quantitative estimate of drug-likeness (QED) is 0.733. The number of methoxy groups -OCH3 is 2. The Bertz CT molecular complexity index is 388. The maximum Gasteiger partial charge on any atom is 0.394 e. The lowest BCUT2D eigenvalue weighted by Gasteiger charge is -2.16. The third-order valence-corrected chi connectivity index (χ3v) is 2.94. The molecule has 1 unspecified atom stereocenters. The molecule has 0 aliphatic rings. The lowest BCUT2D eigenvalue weighted by Crippen LogP contribution is -2.04. The van der Waals surface area contributed by atoms with Crippen molar-refractivity contribution in [1.29, 1.82) is 0 Å². The third-order valence-electron chi connectivity index (χ3n) is 2.27. The smallest absolute Gasteiger partial charge is 0.394 e. The van der Waals surface area contributed by atoms with E-state index in [9.17, 15) is 4.89 Å². The number of benzene rings is 1. The van der Waals surface area contributed by atoms with Gasteiger partial charge in [0.25, 0.3) is 0 Å². The van der Waals surface area contributed by atoms with E-state index in [4.69, 9.17) is 24.3 Å². The number of hydrogen-bond donors (Lipinski definition) is 2. The van der Waals surface area contributed by atoms with Crippen molar-refractivity contribution in [3.8, 4) is 17.2 Å². The van der Waals surface area contributed by atoms with E-state index in [1.54, 1.807) is 6.07 Å². The van der Waals surface area contributed by atoms with Crippen molar-refractivity contribution < 1.29 is 23.4 Å². The first-order chi connectivity index (χ1) is 8.65. The Morgan fingerprint density at radius 1 is 1.17 bits per heavy atom. The molecule has 6 nitrogen and oxygen atoms in total. The average molecular weight is 275 g/mol. The van der Waals surface area contributed by atoms with Crippen LogP contribution in [-0.2, 0) is 10.9 Å². The molecule has 0 amide bonds. The van der Waals surface area contributed by atoms with Gasteiger partial charge in [0.15, 0.2) is 11.5 Å². The lowest BCUT2D eigenvalue weighted by atomic mass is 10.1. The van der Waals surface area contributed by atoms with Crippen molar-refractivity contribution >= 4 is 8.60 Å². The van der Waals surface area contributed by atoms with Gasteiger partial charge in [-0.25, -0.2) is 0 Å². The SMILES string of the molecule is COc1cc(CCN)cc(OP(O)OC)c1OC. The second kappa shape index (κ2) is 7.38. The number of ether oxygens (including phenoxy) is 2. The van der Waals surface area contributed by atoms with Crippen LogP contribution in [0.3, 0.4) is 0 Å². The molecular weight excluding hydrogens is 257 g/mol. The fraction of sp³-hybridized carbons (Fsp3) is 0.455. The first kappa shape index (κ1) is 15.0. The van der Waals surface area contributed by atoms with Crippen LogP contribution in [0, 0.1) is 0 Å². The fourth-order valence-electron chi connectivity index (χ4n) is 1.48. The minimum Gasteiger partial charge on any atom is -0.493 e. The summed E-state index contributed by atoms with van der Waals surface area (Å²) in [5.74, 6) is 1.31. The first-order valence-corrected chi connectivity index (χ1v) is 6.45. The summed E-state index contributed by atoms with van der Waals surface area (Å²) >= 11 is 0. The van der Waals surface area contributed by atoms with E-state index in [0.717, 1.165) is 5.56 Å². The molecule has 0 aromatic heterocycles. The van der Waals surface area contributed by atoms with Gasteiger partial charge in [-0.3, -0.25) is 0 Å². The maximum absolute atomic E-state index is 9.42. The largest absolute Gasteiger partial charge is 0.493 e. The van der Waals surface area contributed by atoms with Crippen LogP contribution in [0.5, 0.6) is 17.2 Å². The minimum absolute atomic E-state index is 0.371.